The van der Waals surface area contributed by atoms with E-state index in [1.807, 2.05) is 0 Å². The molecule has 3 heteroatoms. The van der Waals surface area contributed by atoms with Crippen LogP contribution in [0.25, 0.3) is 0 Å². The summed E-state index contributed by atoms with van der Waals surface area (Å²) in [6.45, 7) is 6.36. The van der Waals surface area contributed by atoms with Gasteiger partial charge in [-0.1, -0.05) is 20.8 Å². The molecular formula is C4H9NP2. The lowest BCUT2D eigenvalue weighted by atomic mass is 10.3. The molecular weight excluding hydrogens is 124 g/mol. The zero-order chi connectivity index (χ0) is 5.91. The first-order valence-corrected chi connectivity index (χ1v) is 3.37. The molecule has 2 radical (unpaired) electrons. The Labute approximate surface area is 49.0 Å². The maximum Gasteiger partial charge on any atom is 0.129 e. The zero-order valence-corrected chi connectivity index (χ0v) is 6.63. The van der Waals surface area contributed by atoms with Gasteiger partial charge in [0.25, 0.3) is 0 Å². The summed E-state index contributed by atoms with van der Waals surface area (Å²) in [7, 11) is 4.77. The molecule has 0 aromatic heterocycles. The smallest absolute Gasteiger partial charge is 0.129 e. The third-order valence-electron chi connectivity index (χ3n) is 0.345. The van der Waals surface area contributed by atoms with Gasteiger partial charge in [-0.3, -0.25) is 0 Å². The third-order valence-corrected chi connectivity index (χ3v) is 1.30. The second-order valence-corrected chi connectivity index (χ2v) is 4.62. The van der Waals surface area contributed by atoms with Crippen molar-refractivity contribution in [3.63, 3.8) is 0 Å². The molecule has 0 fully saturated rings. The molecule has 0 spiro atoms. The quantitative estimate of drug-likeness (QED) is 0.450. The van der Waals surface area contributed by atoms with Crippen molar-refractivity contribution < 1.29 is 0 Å². The summed E-state index contributed by atoms with van der Waals surface area (Å²) in [4.78, 5) is 0. The first-order chi connectivity index (χ1) is 3.06. The molecule has 1 nitrogen and oxygen atoms in total. The molecule has 40 valence electrons. The van der Waals surface area contributed by atoms with Crippen molar-refractivity contribution in [2.24, 2.45) is 4.52 Å². The van der Waals surface area contributed by atoms with Crippen molar-refractivity contribution in [1.29, 1.82) is 0 Å². The average molecular weight is 133 g/mol. The normalized spacial score (nSPS) is 13.1. The fourth-order valence-corrected chi connectivity index (χ4v) is 1.21. The van der Waals surface area contributed by atoms with Gasteiger partial charge in [-0.2, -0.15) is 0 Å². The Morgan fingerprint density at radius 1 is 1.43 bits per heavy atom. The Balaban J connectivity index is 3.56. The van der Waals surface area contributed by atoms with Crippen LogP contribution in [0.2, 0.25) is 0 Å². The van der Waals surface area contributed by atoms with Gasteiger partial charge in [-0.05, 0) is 0 Å². The van der Waals surface area contributed by atoms with Crippen molar-refractivity contribution in [3.05, 3.63) is 0 Å². The van der Waals surface area contributed by atoms with Crippen LogP contribution in [0, 0.1) is 0 Å². The fourth-order valence-electron chi connectivity index (χ4n) is 0.134. The minimum Gasteiger partial charge on any atom is -0.231 e. The Morgan fingerprint density at radius 3 is 1.86 bits per heavy atom. The second kappa shape index (κ2) is 2.74. The molecule has 0 bridgehead atoms. The van der Waals surface area contributed by atoms with E-state index in [0.29, 0.717) is 0 Å². The molecule has 0 aliphatic heterocycles. The minimum absolute atomic E-state index is 0.280. The van der Waals surface area contributed by atoms with Crippen LogP contribution in [0.15, 0.2) is 4.52 Å². The van der Waals surface area contributed by atoms with Crippen LogP contribution in [0.4, 0.5) is 0 Å². The topological polar surface area (TPSA) is 12.4 Å². The van der Waals surface area contributed by atoms with Crippen molar-refractivity contribution in [3.8, 4) is 0 Å². The average Bonchev–Trinajstić information content (AvgIpc) is 1.30. The highest BCUT2D eigenvalue weighted by Crippen LogP contribution is 2.24. The van der Waals surface area contributed by atoms with Gasteiger partial charge < -0.3 is 0 Å². The van der Waals surface area contributed by atoms with E-state index in [1.165, 1.54) is 0 Å². The van der Waals surface area contributed by atoms with Gasteiger partial charge in [-0.25, -0.2) is 4.52 Å². The first-order valence-electron chi connectivity index (χ1n) is 2.12. The third kappa shape index (κ3) is 6.53. The summed E-state index contributed by atoms with van der Waals surface area (Å²) in [5, 5.41) is 0.280. The largest absolute Gasteiger partial charge is 0.231 e. The van der Waals surface area contributed by atoms with E-state index in [0.717, 1.165) is 8.37 Å². The lowest BCUT2D eigenvalue weighted by Gasteiger charge is -2.06. The van der Waals surface area contributed by atoms with Gasteiger partial charge in [0.05, 0.1) is 0 Å². The van der Waals surface area contributed by atoms with Crippen molar-refractivity contribution in [1.82, 2.24) is 0 Å². The first kappa shape index (κ1) is 7.53. The molecule has 0 amide bonds. The van der Waals surface area contributed by atoms with Crippen LogP contribution < -0.4 is 0 Å². The predicted molar refractivity (Wildman–Crippen MR) is 36.0 cm³/mol. The van der Waals surface area contributed by atoms with Crippen LogP contribution >= 0.6 is 17.8 Å². The van der Waals surface area contributed by atoms with E-state index < -0.39 is 0 Å². The molecule has 0 aliphatic carbocycles. The van der Waals surface area contributed by atoms with Gasteiger partial charge in [0.15, 0.2) is 0 Å². The highest BCUT2D eigenvalue weighted by molar-refractivity contribution is 7.36. The Bertz CT molecular complexity index is 72.2. The number of nitrogens with zero attached hydrogens (tertiary/aromatic N) is 1. The van der Waals surface area contributed by atoms with Gasteiger partial charge in [0.2, 0.25) is 0 Å². The van der Waals surface area contributed by atoms with Crippen LogP contribution in [-0.2, 0) is 0 Å². The van der Waals surface area contributed by atoms with Gasteiger partial charge >= 0.3 is 0 Å². The van der Waals surface area contributed by atoms with Crippen molar-refractivity contribution >= 4 is 17.8 Å². The summed E-state index contributed by atoms with van der Waals surface area (Å²) in [6.07, 6.45) is 0. The minimum atomic E-state index is 0.280. The van der Waals surface area contributed by atoms with Crippen molar-refractivity contribution in [2.75, 3.05) is 0 Å². The number of hydrogen-bond donors (Lipinski definition) is 0. The molecule has 0 heterocycles. The highest BCUT2D eigenvalue weighted by Gasteiger charge is 2.04. The Hall–Kier alpha value is 0.530. The van der Waals surface area contributed by atoms with Crippen molar-refractivity contribution in [2.45, 2.75) is 25.9 Å². The van der Waals surface area contributed by atoms with Crippen LogP contribution in [0.5, 0.6) is 0 Å². The number of hydrogen-bond acceptors (Lipinski definition) is 1. The summed E-state index contributed by atoms with van der Waals surface area (Å²) in [6, 6.07) is 0. The predicted octanol–water partition coefficient (Wildman–Crippen LogP) is 3.24. The maximum atomic E-state index is 3.73. The fraction of sp³-hybridized carbons (Fsp3) is 1.00. The number of rotatable bonds is 0. The molecule has 0 saturated carbocycles. The molecule has 0 aromatic rings. The standard InChI is InChI=1S/C4H9NP2/c1-4(2,3)7-5-6/h1-3H3. The molecule has 0 aromatic carbocycles. The van der Waals surface area contributed by atoms with Gasteiger partial charge in [0.1, 0.15) is 9.39 Å². The van der Waals surface area contributed by atoms with Crippen LogP contribution in [0.1, 0.15) is 20.8 Å². The summed E-state index contributed by atoms with van der Waals surface area (Å²) >= 11 is 0. The Morgan fingerprint density at radius 2 is 1.86 bits per heavy atom. The molecule has 0 aliphatic rings. The summed E-state index contributed by atoms with van der Waals surface area (Å²) < 4.78 is 3.67. The summed E-state index contributed by atoms with van der Waals surface area (Å²) in [5.74, 6) is 0. The molecule has 0 rings (SSSR count). The van der Waals surface area contributed by atoms with Crippen LogP contribution in [0.3, 0.4) is 0 Å². The van der Waals surface area contributed by atoms with Crippen LogP contribution in [-0.4, -0.2) is 5.16 Å². The van der Waals surface area contributed by atoms with E-state index in [4.69, 9.17) is 0 Å². The van der Waals surface area contributed by atoms with E-state index in [2.05, 4.69) is 34.7 Å². The van der Waals surface area contributed by atoms with E-state index in [9.17, 15) is 0 Å². The molecule has 0 unspecified atom stereocenters. The van der Waals surface area contributed by atoms with E-state index in [-0.39, 0.29) is 5.16 Å². The second-order valence-electron chi connectivity index (χ2n) is 2.36. The summed E-state index contributed by atoms with van der Waals surface area (Å²) in [5.41, 5.74) is 0. The van der Waals surface area contributed by atoms with Gasteiger partial charge in [-0.15, -0.1) is 0 Å². The lowest BCUT2D eigenvalue weighted by Crippen LogP contribution is -1.99. The maximum absolute atomic E-state index is 3.73. The van der Waals surface area contributed by atoms with E-state index >= 15 is 0 Å². The molecule has 0 N–H and O–H groups in total. The SMILES string of the molecule is CC(C)(C)P=N[P]. The molecule has 7 heavy (non-hydrogen) atoms. The van der Waals surface area contributed by atoms with Gasteiger partial charge in [0, 0.05) is 13.5 Å². The Kier molecular flexibility index (Phi) is 2.95. The molecule has 0 atom stereocenters. The zero-order valence-electron chi connectivity index (χ0n) is 4.84. The van der Waals surface area contributed by atoms with E-state index in [1.54, 1.807) is 0 Å². The highest BCUT2D eigenvalue weighted by atomic mass is 31.1. The molecule has 0 saturated heterocycles. The monoisotopic (exact) mass is 133 g/mol. The lowest BCUT2D eigenvalue weighted by molar-refractivity contribution is 0.799.